The van der Waals surface area contributed by atoms with E-state index in [1.165, 1.54) is 16.6 Å². The summed E-state index contributed by atoms with van der Waals surface area (Å²) in [6.45, 7) is 0.843. The Morgan fingerprint density at radius 1 is 1.05 bits per heavy atom. The van der Waals surface area contributed by atoms with Crippen LogP contribution in [0.25, 0.3) is 10.9 Å². The number of nitrogens with one attached hydrogen (secondary N) is 2. The summed E-state index contributed by atoms with van der Waals surface area (Å²) in [4.78, 5) is 3.55. The van der Waals surface area contributed by atoms with E-state index in [0.29, 0.717) is 5.88 Å². The molecule has 0 saturated heterocycles. The Kier molecular flexibility index (Phi) is 3.61. The Morgan fingerprint density at radius 3 is 2.64 bits per heavy atom. The van der Waals surface area contributed by atoms with Crippen molar-refractivity contribution in [3.05, 3.63) is 70.4 Å². The molecule has 2 atom stereocenters. The number of rotatable bonds is 2. The third kappa shape index (κ3) is 2.14. The van der Waals surface area contributed by atoms with E-state index in [1.54, 1.807) is 0 Å². The fourth-order valence-electron chi connectivity index (χ4n) is 3.45. The summed E-state index contributed by atoms with van der Waals surface area (Å²) in [5.41, 5.74) is 4.83. The van der Waals surface area contributed by atoms with Crippen LogP contribution in [0.4, 0.5) is 0 Å². The van der Waals surface area contributed by atoms with Crippen molar-refractivity contribution < 1.29 is 0 Å². The van der Waals surface area contributed by atoms with Gasteiger partial charge in [0.05, 0.1) is 6.04 Å². The largest absolute Gasteiger partial charge is 0.357 e. The molecule has 0 aliphatic carbocycles. The van der Waals surface area contributed by atoms with Gasteiger partial charge in [-0.25, -0.2) is 0 Å². The summed E-state index contributed by atoms with van der Waals surface area (Å²) in [6, 6.07) is 16.7. The van der Waals surface area contributed by atoms with E-state index in [1.807, 2.05) is 18.2 Å². The van der Waals surface area contributed by atoms with Crippen LogP contribution in [-0.2, 0) is 0 Å². The van der Waals surface area contributed by atoms with Crippen LogP contribution in [-0.4, -0.2) is 17.4 Å². The molecule has 2 heterocycles. The van der Waals surface area contributed by atoms with Gasteiger partial charge in [0.1, 0.15) is 0 Å². The fraction of sp³-hybridized carbons (Fsp3) is 0.222. The van der Waals surface area contributed by atoms with Crippen LogP contribution in [0.2, 0.25) is 5.02 Å². The minimum absolute atomic E-state index is 0.155. The van der Waals surface area contributed by atoms with Gasteiger partial charge in [-0.05, 0) is 23.3 Å². The SMILES string of the molecule is ClC[C@@H]1NC[C@@H](c2ccccc2Cl)c2c1[nH]c1ccccc21. The second kappa shape index (κ2) is 5.62. The second-order valence-corrected chi connectivity index (χ2v) is 6.40. The quantitative estimate of drug-likeness (QED) is 0.647. The molecule has 2 nitrogen and oxygen atoms in total. The normalized spacial score (nSPS) is 21.0. The Bertz CT molecular complexity index is 825. The topological polar surface area (TPSA) is 27.8 Å². The molecule has 4 heteroatoms. The molecule has 3 aromatic rings. The number of hydrogen-bond acceptors (Lipinski definition) is 1. The molecule has 0 spiro atoms. The van der Waals surface area contributed by atoms with Crippen molar-refractivity contribution in [3.63, 3.8) is 0 Å². The fourth-order valence-corrected chi connectivity index (χ4v) is 3.98. The van der Waals surface area contributed by atoms with Crippen LogP contribution in [0.3, 0.4) is 0 Å². The first-order chi connectivity index (χ1) is 10.8. The minimum Gasteiger partial charge on any atom is -0.357 e. The molecule has 1 aliphatic rings. The lowest BCUT2D eigenvalue weighted by Crippen LogP contribution is -2.34. The zero-order valence-electron chi connectivity index (χ0n) is 11.9. The summed E-state index contributed by atoms with van der Waals surface area (Å²) in [6.07, 6.45) is 0. The van der Waals surface area contributed by atoms with E-state index in [-0.39, 0.29) is 12.0 Å². The first-order valence-corrected chi connectivity index (χ1v) is 8.35. The van der Waals surface area contributed by atoms with Crippen molar-refractivity contribution in [2.24, 2.45) is 0 Å². The lowest BCUT2D eigenvalue weighted by Gasteiger charge is -2.30. The van der Waals surface area contributed by atoms with Crippen LogP contribution in [0.5, 0.6) is 0 Å². The number of halogens is 2. The van der Waals surface area contributed by atoms with Crippen molar-refractivity contribution in [2.75, 3.05) is 12.4 Å². The van der Waals surface area contributed by atoms with Gasteiger partial charge in [0.15, 0.2) is 0 Å². The molecule has 2 aromatic carbocycles. The molecular weight excluding hydrogens is 315 g/mol. The predicted molar refractivity (Wildman–Crippen MR) is 93.1 cm³/mol. The number of benzene rings is 2. The molecule has 1 aliphatic heterocycles. The van der Waals surface area contributed by atoms with E-state index in [2.05, 4.69) is 40.6 Å². The molecule has 0 unspecified atom stereocenters. The average molecular weight is 331 g/mol. The first-order valence-electron chi connectivity index (χ1n) is 7.44. The van der Waals surface area contributed by atoms with E-state index in [9.17, 15) is 0 Å². The lowest BCUT2D eigenvalue weighted by molar-refractivity contribution is 0.506. The maximum absolute atomic E-state index is 6.45. The van der Waals surface area contributed by atoms with Gasteiger partial charge < -0.3 is 10.3 Å². The summed E-state index contributed by atoms with van der Waals surface area (Å²) in [5.74, 6) is 0.786. The standard InChI is InChI=1S/C18H16Cl2N2/c19-9-16-18-17(12-6-2-4-8-15(12)22-18)13(10-21-16)11-5-1-3-7-14(11)20/h1-8,13,16,21-22H,9-10H2/t13-,16-/m0/s1. The number of hydrogen-bond donors (Lipinski definition) is 2. The molecule has 0 radical (unpaired) electrons. The summed E-state index contributed by atoms with van der Waals surface area (Å²) < 4.78 is 0. The van der Waals surface area contributed by atoms with Crippen molar-refractivity contribution in [2.45, 2.75) is 12.0 Å². The molecule has 0 bridgehead atoms. The lowest BCUT2D eigenvalue weighted by atomic mass is 9.85. The maximum atomic E-state index is 6.45. The Hall–Kier alpha value is -1.48. The van der Waals surface area contributed by atoms with Gasteiger partial charge in [-0.2, -0.15) is 0 Å². The highest BCUT2D eigenvalue weighted by Gasteiger charge is 2.31. The summed E-state index contributed by atoms with van der Waals surface area (Å²) in [7, 11) is 0. The van der Waals surface area contributed by atoms with Crippen LogP contribution < -0.4 is 5.32 Å². The molecule has 0 fully saturated rings. The number of fused-ring (bicyclic) bond motifs is 3. The third-order valence-corrected chi connectivity index (χ3v) is 5.13. The zero-order valence-corrected chi connectivity index (χ0v) is 13.5. The highest BCUT2D eigenvalue weighted by molar-refractivity contribution is 6.31. The number of aromatic nitrogens is 1. The van der Waals surface area contributed by atoms with Gasteiger partial charge in [-0.15, -0.1) is 11.6 Å². The third-order valence-electron chi connectivity index (χ3n) is 4.48. The molecule has 1 aromatic heterocycles. The van der Waals surface area contributed by atoms with Gasteiger partial charge in [0, 0.05) is 40.0 Å². The van der Waals surface area contributed by atoms with E-state index in [4.69, 9.17) is 23.2 Å². The highest BCUT2D eigenvalue weighted by atomic mass is 35.5. The molecule has 0 amide bonds. The smallest absolute Gasteiger partial charge is 0.0613 e. The number of para-hydroxylation sites is 1. The predicted octanol–water partition coefficient (Wildman–Crippen LogP) is 4.84. The van der Waals surface area contributed by atoms with Crippen molar-refractivity contribution in [3.8, 4) is 0 Å². The summed E-state index contributed by atoms with van der Waals surface area (Å²) in [5, 5.41) is 5.62. The molecule has 4 rings (SSSR count). The molecule has 2 N–H and O–H groups in total. The Labute approximate surface area is 139 Å². The molecular formula is C18H16Cl2N2. The van der Waals surface area contributed by atoms with Gasteiger partial charge >= 0.3 is 0 Å². The van der Waals surface area contributed by atoms with Crippen molar-refractivity contribution in [1.82, 2.24) is 10.3 Å². The van der Waals surface area contributed by atoms with Gasteiger partial charge in [0.2, 0.25) is 0 Å². The van der Waals surface area contributed by atoms with Gasteiger partial charge in [-0.3, -0.25) is 0 Å². The van der Waals surface area contributed by atoms with Crippen LogP contribution in [0, 0.1) is 0 Å². The highest BCUT2D eigenvalue weighted by Crippen LogP contribution is 2.41. The van der Waals surface area contributed by atoms with Crippen LogP contribution >= 0.6 is 23.2 Å². The molecule has 112 valence electrons. The molecule has 0 saturated carbocycles. The van der Waals surface area contributed by atoms with Crippen LogP contribution in [0.15, 0.2) is 48.5 Å². The second-order valence-electron chi connectivity index (χ2n) is 5.69. The van der Waals surface area contributed by atoms with Crippen molar-refractivity contribution >= 4 is 34.1 Å². The van der Waals surface area contributed by atoms with Crippen molar-refractivity contribution in [1.29, 1.82) is 0 Å². The van der Waals surface area contributed by atoms with E-state index < -0.39 is 0 Å². The van der Waals surface area contributed by atoms with Gasteiger partial charge in [-0.1, -0.05) is 48.0 Å². The number of aromatic amines is 1. The number of H-pyrrole nitrogens is 1. The Balaban J connectivity index is 1.96. The monoisotopic (exact) mass is 330 g/mol. The van der Waals surface area contributed by atoms with E-state index >= 15 is 0 Å². The Morgan fingerprint density at radius 2 is 1.82 bits per heavy atom. The van der Waals surface area contributed by atoms with E-state index in [0.717, 1.165) is 22.6 Å². The van der Waals surface area contributed by atoms with Crippen LogP contribution in [0.1, 0.15) is 28.8 Å². The zero-order chi connectivity index (χ0) is 15.1. The maximum Gasteiger partial charge on any atom is 0.0613 e. The minimum atomic E-state index is 0.155. The van der Waals surface area contributed by atoms with Gasteiger partial charge in [0.25, 0.3) is 0 Å². The average Bonchev–Trinajstić information content (AvgIpc) is 2.94. The summed E-state index contributed by atoms with van der Waals surface area (Å²) >= 11 is 12.6. The number of alkyl halides is 1. The molecule has 22 heavy (non-hydrogen) atoms. The first kappa shape index (κ1) is 14.1.